The molecule has 5 heteroatoms. The summed E-state index contributed by atoms with van der Waals surface area (Å²) in [6.07, 6.45) is 0.270. The van der Waals surface area contributed by atoms with E-state index in [1.165, 1.54) is 6.42 Å². The van der Waals surface area contributed by atoms with Crippen molar-refractivity contribution < 1.29 is 13.2 Å². The fourth-order valence-electron chi connectivity index (χ4n) is 2.75. The normalized spacial score (nSPS) is 28.4. The molecule has 1 rings (SSSR count). The fourth-order valence-corrected chi connectivity index (χ4v) is 2.75. The smallest absolute Gasteiger partial charge is 0.330 e. The molecule has 1 aliphatic rings. The van der Waals surface area contributed by atoms with E-state index >= 15 is 0 Å². The van der Waals surface area contributed by atoms with E-state index in [4.69, 9.17) is 5.73 Å². The third-order valence-corrected chi connectivity index (χ3v) is 3.89. The van der Waals surface area contributed by atoms with Crippen LogP contribution in [0, 0.1) is 11.8 Å². The van der Waals surface area contributed by atoms with Gasteiger partial charge in [-0.2, -0.15) is 13.2 Å². The van der Waals surface area contributed by atoms with Crippen molar-refractivity contribution in [3.05, 3.63) is 0 Å². The van der Waals surface area contributed by atoms with Gasteiger partial charge in [0.2, 0.25) is 0 Å². The van der Waals surface area contributed by atoms with Crippen LogP contribution in [0.25, 0.3) is 0 Å². The molecule has 0 heterocycles. The molecule has 3 unspecified atom stereocenters. The first-order chi connectivity index (χ1) is 7.86. The topological polar surface area (TPSA) is 29.3 Å². The van der Waals surface area contributed by atoms with Gasteiger partial charge in [0, 0.05) is 19.1 Å². The highest BCUT2D eigenvalue weighted by atomic mass is 19.4. The zero-order valence-electron chi connectivity index (χ0n) is 10.6. The second kappa shape index (κ2) is 6.05. The molecule has 1 fully saturated rings. The van der Waals surface area contributed by atoms with Crippen molar-refractivity contribution in [2.45, 2.75) is 44.8 Å². The number of halogens is 3. The standard InChI is InChI=1S/C12H23F3N2/c1-9-5-3-4-6-11(9)17(2)8-10(7-16)12(13,14)15/h9-11H,3-8,16H2,1-2H3. The Morgan fingerprint density at radius 2 is 1.88 bits per heavy atom. The van der Waals surface area contributed by atoms with E-state index in [-0.39, 0.29) is 19.1 Å². The highest BCUT2D eigenvalue weighted by Crippen LogP contribution is 2.31. The van der Waals surface area contributed by atoms with Gasteiger partial charge in [0.05, 0.1) is 5.92 Å². The van der Waals surface area contributed by atoms with Gasteiger partial charge in [0.15, 0.2) is 0 Å². The van der Waals surface area contributed by atoms with Crippen LogP contribution < -0.4 is 5.73 Å². The van der Waals surface area contributed by atoms with Crippen molar-refractivity contribution >= 4 is 0 Å². The van der Waals surface area contributed by atoms with E-state index in [0.717, 1.165) is 19.3 Å². The molecule has 102 valence electrons. The van der Waals surface area contributed by atoms with Crippen molar-refractivity contribution in [2.75, 3.05) is 20.1 Å². The van der Waals surface area contributed by atoms with E-state index in [1.807, 2.05) is 4.90 Å². The van der Waals surface area contributed by atoms with Gasteiger partial charge in [-0.1, -0.05) is 19.8 Å². The van der Waals surface area contributed by atoms with Crippen molar-refractivity contribution in [1.82, 2.24) is 4.90 Å². The molecular formula is C12H23F3N2. The molecule has 17 heavy (non-hydrogen) atoms. The molecular weight excluding hydrogens is 229 g/mol. The van der Waals surface area contributed by atoms with E-state index in [1.54, 1.807) is 7.05 Å². The van der Waals surface area contributed by atoms with Crippen molar-refractivity contribution in [3.8, 4) is 0 Å². The molecule has 0 aromatic carbocycles. The summed E-state index contributed by atoms with van der Waals surface area (Å²) in [6, 6.07) is 0.278. The Bertz CT molecular complexity index is 230. The lowest BCUT2D eigenvalue weighted by Gasteiger charge is -2.38. The molecule has 1 aliphatic carbocycles. The fraction of sp³-hybridized carbons (Fsp3) is 1.00. The average Bonchev–Trinajstić information content (AvgIpc) is 2.24. The summed E-state index contributed by atoms with van der Waals surface area (Å²) in [5.41, 5.74) is 5.22. The van der Waals surface area contributed by atoms with Crippen LogP contribution in [0.2, 0.25) is 0 Å². The van der Waals surface area contributed by atoms with Crippen LogP contribution in [0.15, 0.2) is 0 Å². The quantitative estimate of drug-likeness (QED) is 0.833. The third kappa shape index (κ3) is 4.14. The van der Waals surface area contributed by atoms with Crippen molar-refractivity contribution in [2.24, 2.45) is 17.6 Å². The first kappa shape index (κ1) is 14.8. The summed E-state index contributed by atoms with van der Waals surface area (Å²) >= 11 is 0. The van der Waals surface area contributed by atoms with Crippen LogP contribution >= 0.6 is 0 Å². The van der Waals surface area contributed by atoms with E-state index in [9.17, 15) is 13.2 Å². The molecule has 3 atom stereocenters. The molecule has 0 aromatic heterocycles. The van der Waals surface area contributed by atoms with Crippen molar-refractivity contribution in [1.29, 1.82) is 0 Å². The molecule has 0 spiro atoms. The number of nitrogens with zero attached hydrogens (tertiary/aromatic N) is 1. The Balaban J connectivity index is 2.54. The SMILES string of the molecule is CC1CCCCC1N(C)CC(CN)C(F)(F)F. The van der Waals surface area contributed by atoms with Gasteiger partial charge >= 0.3 is 6.18 Å². The third-order valence-electron chi connectivity index (χ3n) is 3.89. The van der Waals surface area contributed by atoms with Crippen LogP contribution in [-0.2, 0) is 0 Å². The summed E-state index contributed by atoms with van der Waals surface area (Å²) in [5, 5.41) is 0. The molecule has 0 radical (unpaired) electrons. The van der Waals surface area contributed by atoms with Gasteiger partial charge in [0.1, 0.15) is 0 Å². The van der Waals surface area contributed by atoms with Crippen LogP contribution in [0.4, 0.5) is 13.2 Å². The number of hydrogen-bond donors (Lipinski definition) is 1. The zero-order valence-corrected chi connectivity index (χ0v) is 10.6. The van der Waals surface area contributed by atoms with E-state index in [2.05, 4.69) is 6.92 Å². The molecule has 0 saturated heterocycles. The lowest BCUT2D eigenvalue weighted by molar-refractivity contribution is -0.177. The Morgan fingerprint density at radius 3 is 2.35 bits per heavy atom. The van der Waals surface area contributed by atoms with Crippen LogP contribution in [0.1, 0.15) is 32.6 Å². The van der Waals surface area contributed by atoms with Gasteiger partial charge in [-0.15, -0.1) is 0 Å². The summed E-state index contributed by atoms with van der Waals surface area (Å²) in [6.45, 7) is 1.83. The first-order valence-electron chi connectivity index (χ1n) is 6.33. The molecule has 0 amide bonds. The zero-order chi connectivity index (χ0) is 13.1. The summed E-state index contributed by atoms with van der Waals surface area (Å²) in [4.78, 5) is 1.86. The molecule has 2 nitrogen and oxygen atoms in total. The summed E-state index contributed by atoms with van der Waals surface area (Å²) in [5.74, 6) is -0.915. The molecule has 1 saturated carbocycles. The second-order valence-electron chi connectivity index (χ2n) is 5.24. The molecule has 0 aromatic rings. The Hall–Kier alpha value is -0.290. The first-order valence-corrected chi connectivity index (χ1v) is 6.33. The van der Waals surface area contributed by atoms with Crippen molar-refractivity contribution in [3.63, 3.8) is 0 Å². The van der Waals surface area contributed by atoms with Gasteiger partial charge in [-0.3, -0.25) is 0 Å². The highest BCUT2D eigenvalue weighted by molar-refractivity contribution is 4.82. The van der Waals surface area contributed by atoms with E-state index in [0.29, 0.717) is 5.92 Å². The van der Waals surface area contributed by atoms with E-state index < -0.39 is 12.1 Å². The Labute approximate surface area is 101 Å². The van der Waals surface area contributed by atoms with Gasteiger partial charge in [-0.05, 0) is 25.8 Å². The number of nitrogens with two attached hydrogens (primary N) is 1. The minimum atomic E-state index is -4.18. The average molecular weight is 252 g/mol. The Kier molecular flexibility index (Phi) is 5.25. The maximum Gasteiger partial charge on any atom is 0.394 e. The van der Waals surface area contributed by atoms with Crippen LogP contribution in [0.3, 0.4) is 0 Å². The van der Waals surface area contributed by atoms with Gasteiger partial charge in [-0.25, -0.2) is 0 Å². The lowest BCUT2D eigenvalue weighted by atomic mass is 9.85. The van der Waals surface area contributed by atoms with Gasteiger partial charge in [0.25, 0.3) is 0 Å². The predicted molar refractivity (Wildman–Crippen MR) is 62.6 cm³/mol. The minimum Gasteiger partial charge on any atom is -0.330 e. The predicted octanol–water partition coefficient (Wildman–Crippen LogP) is 2.63. The van der Waals surface area contributed by atoms with Crippen LogP contribution in [0.5, 0.6) is 0 Å². The second-order valence-corrected chi connectivity index (χ2v) is 5.24. The Morgan fingerprint density at radius 1 is 1.29 bits per heavy atom. The summed E-state index contributed by atoms with van der Waals surface area (Å²) in [7, 11) is 1.79. The molecule has 2 N–H and O–H groups in total. The number of alkyl halides is 3. The lowest BCUT2D eigenvalue weighted by Crippen LogP contribution is -2.46. The molecule has 0 bridgehead atoms. The largest absolute Gasteiger partial charge is 0.394 e. The molecule has 0 aliphatic heterocycles. The summed E-state index contributed by atoms with van der Waals surface area (Å²) < 4.78 is 37.9. The minimum absolute atomic E-state index is 0.0228. The number of hydrogen-bond acceptors (Lipinski definition) is 2. The number of rotatable bonds is 4. The highest BCUT2D eigenvalue weighted by Gasteiger charge is 2.40. The maximum absolute atomic E-state index is 12.6. The van der Waals surface area contributed by atoms with Crippen LogP contribution in [-0.4, -0.2) is 37.3 Å². The maximum atomic E-state index is 12.6. The van der Waals surface area contributed by atoms with Gasteiger partial charge < -0.3 is 10.6 Å². The monoisotopic (exact) mass is 252 g/mol.